The van der Waals surface area contributed by atoms with Gasteiger partial charge in [-0.05, 0) is 30.9 Å². The molecular formula is C23H30N2O2. The van der Waals surface area contributed by atoms with Gasteiger partial charge < -0.3 is 10.2 Å². The lowest BCUT2D eigenvalue weighted by atomic mass is 10.1. The van der Waals surface area contributed by atoms with E-state index in [9.17, 15) is 9.59 Å². The summed E-state index contributed by atoms with van der Waals surface area (Å²) in [6.45, 7) is 8.94. The smallest absolute Gasteiger partial charge is 0.242 e. The zero-order valence-corrected chi connectivity index (χ0v) is 16.7. The van der Waals surface area contributed by atoms with Crippen molar-refractivity contribution in [2.75, 3.05) is 6.54 Å². The summed E-state index contributed by atoms with van der Waals surface area (Å²) in [6.07, 6.45) is 0.288. The first kappa shape index (κ1) is 20.7. The van der Waals surface area contributed by atoms with Gasteiger partial charge in [0.05, 0.1) is 6.42 Å². The van der Waals surface area contributed by atoms with Crippen LogP contribution in [0.15, 0.2) is 54.6 Å². The summed E-state index contributed by atoms with van der Waals surface area (Å²) in [5.74, 6) is 0.209. The lowest BCUT2D eigenvalue weighted by Gasteiger charge is -2.29. The number of carbonyl (C=O) groups is 2. The van der Waals surface area contributed by atoms with Crippen LogP contribution in [0, 0.1) is 12.8 Å². The Morgan fingerprint density at radius 2 is 1.63 bits per heavy atom. The van der Waals surface area contributed by atoms with Crippen LogP contribution in [0.4, 0.5) is 0 Å². The van der Waals surface area contributed by atoms with Crippen molar-refractivity contribution < 1.29 is 9.59 Å². The zero-order chi connectivity index (χ0) is 19.8. The van der Waals surface area contributed by atoms with Crippen LogP contribution in [-0.4, -0.2) is 29.3 Å². The van der Waals surface area contributed by atoms with Crippen LogP contribution in [0.25, 0.3) is 0 Å². The summed E-state index contributed by atoms with van der Waals surface area (Å²) in [7, 11) is 0. The molecule has 0 heterocycles. The SMILES string of the molecule is Cc1cccc(CC(=O)N(Cc2ccccc2)[C@H](C)C(=O)NCC(C)C)c1. The first-order valence-electron chi connectivity index (χ1n) is 9.53. The molecule has 2 rings (SSSR count). The van der Waals surface area contributed by atoms with Crippen LogP contribution in [0.2, 0.25) is 0 Å². The van der Waals surface area contributed by atoms with Gasteiger partial charge >= 0.3 is 0 Å². The Morgan fingerprint density at radius 3 is 2.26 bits per heavy atom. The predicted molar refractivity (Wildman–Crippen MR) is 109 cm³/mol. The molecule has 2 aromatic carbocycles. The minimum atomic E-state index is -0.527. The fourth-order valence-corrected chi connectivity index (χ4v) is 2.91. The highest BCUT2D eigenvalue weighted by molar-refractivity contribution is 5.88. The number of carbonyl (C=O) groups excluding carboxylic acids is 2. The van der Waals surface area contributed by atoms with Gasteiger partial charge in [0.25, 0.3) is 0 Å². The molecular weight excluding hydrogens is 336 g/mol. The molecule has 0 bridgehead atoms. The van der Waals surface area contributed by atoms with E-state index in [1.54, 1.807) is 11.8 Å². The lowest BCUT2D eigenvalue weighted by molar-refractivity contribution is -0.140. The number of nitrogens with zero attached hydrogens (tertiary/aromatic N) is 1. The first-order valence-corrected chi connectivity index (χ1v) is 9.53. The highest BCUT2D eigenvalue weighted by Gasteiger charge is 2.26. The summed E-state index contributed by atoms with van der Waals surface area (Å²) >= 11 is 0. The third kappa shape index (κ3) is 6.55. The lowest BCUT2D eigenvalue weighted by Crippen LogP contribution is -2.48. The zero-order valence-electron chi connectivity index (χ0n) is 16.7. The highest BCUT2D eigenvalue weighted by atomic mass is 16.2. The molecule has 0 aliphatic carbocycles. The van der Waals surface area contributed by atoms with Gasteiger partial charge in [-0.2, -0.15) is 0 Å². The highest BCUT2D eigenvalue weighted by Crippen LogP contribution is 2.13. The average molecular weight is 367 g/mol. The fraction of sp³-hybridized carbons (Fsp3) is 0.391. The third-order valence-electron chi connectivity index (χ3n) is 4.49. The molecule has 144 valence electrons. The first-order chi connectivity index (χ1) is 12.9. The van der Waals surface area contributed by atoms with E-state index in [1.165, 1.54) is 0 Å². The molecule has 0 radical (unpaired) electrons. The average Bonchev–Trinajstić information content (AvgIpc) is 2.64. The number of hydrogen-bond donors (Lipinski definition) is 1. The van der Waals surface area contributed by atoms with Crippen molar-refractivity contribution in [1.82, 2.24) is 10.2 Å². The maximum Gasteiger partial charge on any atom is 0.242 e. The number of rotatable bonds is 8. The molecule has 0 unspecified atom stereocenters. The van der Waals surface area contributed by atoms with Crippen molar-refractivity contribution in [2.24, 2.45) is 5.92 Å². The Hall–Kier alpha value is -2.62. The van der Waals surface area contributed by atoms with Gasteiger partial charge in [0.15, 0.2) is 0 Å². The number of amides is 2. The number of hydrogen-bond acceptors (Lipinski definition) is 2. The third-order valence-corrected chi connectivity index (χ3v) is 4.49. The number of benzene rings is 2. The van der Waals surface area contributed by atoms with E-state index in [2.05, 4.69) is 19.2 Å². The van der Waals surface area contributed by atoms with Gasteiger partial charge in [-0.3, -0.25) is 9.59 Å². The molecule has 0 saturated carbocycles. The molecule has 27 heavy (non-hydrogen) atoms. The van der Waals surface area contributed by atoms with Crippen LogP contribution in [0.1, 0.15) is 37.5 Å². The van der Waals surface area contributed by atoms with Gasteiger partial charge in [0, 0.05) is 13.1 Å². The van der Waals surface area contributed by atoms with Crippen molar-refractivity contribution in [2.45, 2.75) is 46.7 Å². The molecule has 0 aliphatic heterocycles. The van der Waals surface area contributed by atoms with Gasteiger partial charge in [0.2, 0.25) is 11.8 Å². The topological polar surface area (TPSA) is 49.4 Å². The summed E-state index contributed by atoms with van der Waals surface area (Å²) in [5, 5.41) is 2.94. The molecule has 0 aromatic heterocycles. The van der Waals surface area contributed by atoms with Crippen LogP contribution >= 0.6 is 0 Å². The molecule has 4 nitrogen and oxygen atoms in total. The second-order valence-electron chi connectivity index (χ2n) is 7.49. The summed E-state index contributed by atoms with van der Waals surface area (Å²) in [6, 6.07) is 17.2. The quantitative estimate of drug-likeness (QED) is 0.774. The van der Waals surface area contributed by atoms with E-state index < -0.39 is 6.04 Å². The minimum absolute atomic E-state index is 0.0448. The van der Waals surface area contributed by atoms with E-state index in [-0.39, 0.29) is 18.2 Å². The van der Waals surface area contributed by atoms with E-state index in [1.807, 2.05) is 61.5 Å². The van der Waals surface area contributed by atoms with Gasteiger partial charge in [0.1, 0.15) is 6.04 Å². The van der Waals surface area contributed by atoms with E-state index in [4.69, 9.17) is 0 Å². The van der Waals surface area contributed by atoms with Crippen molar-refractivity contribution in [1.29, 1.82) is 0 Å². The Bertz CT molecular complexity index is 756. The monoisotopic (exact) mass is 366 g/mol. The summed E-state index contributed by atoms with van der Waals surface area (Å²) < 4.78 is 0. The van der Waals surface area contributed by atoms with Crippen molar-refractivity contribution >= 4 is 11.8 Å². The number of nitrogens with one attached hydrogen (secondary N) is 1. The Morgan fingerprint density at radius 1 is 0.963 bits per heavy atom. The maximum atomic E-state index is 13.1. The molecule has 0 saturated heterocycles. The molecule has 4 heteroatoms. The predicted octanol–water partition coefficient (Wildman–Crippen LogP) is 3.73. The Balaban J connectivity index is 2.17. The van der Waals surface area contributed by atoms with Crippen LogP contribution in [0.5, 0.6) is 0 Å². The Kier molecular flexibility index (Phi) is 7.59. The normalized spacial score (nSPS) is 11.9. The molecule has 0 spiro atoms. The molecule has 0 aliphatic rings. The van der Waals surface area contributed by atoms with Gasteiger partial charge in [-0.15, -0.1) is 0 Å². The Labute approximate surface area is 162 Å². The van der Waals surface area contributed by atoms with E-state index >= 15 is 0 Å². The molecule has 2 aromatic rings. The number of aryl methyl sites for hydroxylation is 1. The molecule has 0 fully saturated rings. The fourth-order valence-electron chi connectivity index (χ4n) is 2.91. The van der Waals surface area contributed by atoms with Crippen molar-refractivity contribution in [3.63, 3.8) is 0 Å². The minimum Gasteiger partial charge on any atom is -0.354 e. The van der Waals surface area contributed by atoms with Crippen molar-refractivity contribution in [3.8, 4) is 0 Å². The van der Waals surface area contributed by atoms with Gasteiger partial charge in [-0.1, -0.05) is 74.0 Å². The maximum absolute atomic E-state index is 13.1. The molecule has 1 N–H and O–H groups in total. The molecule has 2 amide bonds. The largest absolute Gasteiger partial charge is 0.354 e. The summed E-state index contributed by atoms with van der Waals surface area (Å²) in [5.41, 5.74) is 3.10. The van der Waals surface area contributed by atoms with Crippen LogP contribution < -0.4 is 5.32 Å². The van der Waals surface area contributed by atoms with Crippen LogP contribution in [0.3, 0.4) is 0 Å². The van der Waals surface area contributed by atoms with Crippen LogP contribution in [-0.2, 0) is 22.6 Å². The van der Waals surface area contributed by atoms with Crippen molar-refractivity contribution in [3.05, 3.63) is 71.3 Å². The summed E-state index contributed by atoms with van der Waals surface area (Å²) in [4.78, 5) is 27.3. The van der Waals surface area contributed by atoms with E-state index in [0.29, 0.717) is 19.0 Å². The second-order valence-corrected chi connectivity index (χ2v) is 7.49. The van der Waals surface area contributed by atoms with Gasteiger partial charge in [-0.25, -0.2) is 0 Å². The molecule has 1 atom stereocenters. The second kappa shape index (κ2) is 9.91. The van der Waals surface area contributed by atoms with E-state index in [0.717, 1.165) is 16.7 Å². The standard InChI is InChI=1S/C23H30N2O2/c1-17(2)15-24-23(27)19(4)25(16-20-10-6-5-7-11-20)22(26)14-21-12-8-9-18(3)13-21/h5-13,17,19H,14-16H2,1-4H3,(H,24,27)/t19-/m1/s1.